The Morgan fingerprint density at radius 3 is 2.62 bits per heavy atom. The topological polar surface area (TPSA) is 33.1 Å². The number of aryl methyl sites for hydroxylation is 1. The molecule has 0 saturated carbocycles. The average molecular weight is 300 g/mol. The summed E-state index contributed by atoms with van der Waals surface area (Å²) in [4.78, 5) is 6.79. The Kier molecular flexibility index (Phi) is 3.68. The Morgan fingerprint density at radius 2 is 2.05 bits per heavy atom. The normalized spacial score (nSPS) is 21.9. The summed E-state index contributed by atoms with van der Waals surface area (Å²) < 4.78 is 2.16. The zero-order valence-electron chi connectivity index (χ0n) is 12.5. The van der Waals surface area contributed by atoms with Crippen molar-refractivity contribution in [2.24, 2.45) is 7.05 Å². The SMILES string of the molecule is CC(C)N1C(=S)N[C@@H](c2ccccn2)[C@@H]1c1cccn1C. The van der Waals surface area contributed by atoms with Gasteiger partial charge in [0, 0.05) is 31.2 Å². The van der Waals surface area contributed by atoms with Gasteiger partial charge in [-0.25, -0.2) is 0 Å². The molecule has 0 unspecified atom stereocenters. The van der Waals surface area contributed by atoms with E-state index in [1.54, 1.807) is 0 Å². The summed E-state index contributed by atoms with van der Waals surface area (Å²) in [6.07, 6.45) is 3.91. The number of hydrogen-bond acceptors (Lipinski definition) is 2. The van der Waals surface area contributed by atoms with Gasteiger partial charge in [0.15, 0.2) is 5.11 Å². The van der Waals surface area contributed by atoms with Crippen molar-refractivity contribution >= 4 is 17.3 Å². The van der Waals surface area contributed by atoms with Gasteiger partial charge in [0.1, 0.15) is 0 Å². The first-order valence-electron chi connectivity index (χ1n) is 7.20. The quantitative estimate of drug-likeness (QED) is 0.884. The molecule has 0 aliphatic carbocycles. The van der Waals surface area contributed by atoms with E-state index in [1.807, 2.05) is 18.3 Å². The Bertz CT molecular complexity index is 635. The minimum atomic E-state index is 0.0784. The van der Waals surface area contributed by atoms with Gasteiger partial charge >= 0.3 is 0 Å². The number of pyridine rings is 1. The van der Waals surface area contributed by atoms with E-state index in [-0.39, 0.29) is 12.1 Å². The highest BCUT2D eigenvalue weighted by Gasteiger charge is 2.41. The number of hydrogen-bond donors (Lipinski definition) is 1. The lowest BCUT2D eigenvalue weighted by Gasteiger charge is -2.31. The van der Waals surface area contributed by atoms with E-state index >= 15 is 0 Å². The summed E-state index contributed by atoms with van der Waals surface area (Å²) in [5.74, 6) is 0. The van der Waals surface area contributed by atoms with Crippen LogP contribution < -0.4 is 5.32 Å². The molecule has 3 heterocycles. The number of thiocarbonyl (C=S) groups is 1. The number of nitrogens with zero attached hydrogens (tertiary/aromatic N) is 3. The number of aromatic nitrogens is 2. The molecular weight excluding hydrogens is 280 g/mol. The van der Waals surface area contributed by atoms with E-state index in [2.05, 4.69) is 65.1 Å². The van der Waals surface area contributed by atoms with Crippen molar-refractivity contribution in [1.82, 2.24) is 19.8 Å². The lowest BCUT2D eigenvalue weighted by atomic mass is 10.0. The van der Waals surface area contributed by atoms with Gasteiger partial charge < -0.3 is 14.8 Å². The Balaban J connectivity index is 2.07. The fourth-order valence-electron chi connectivity index (χ4n) is 3.02. The summed E-state index contributed by atoms with van der Waals surface area (Å²) in [7, 11) is 2.07. The molecule has 4 nitrogen and oxygen atoms in total. The fourth-order valence-corrected chi connectivity index (χ4v) is 3.47. The summed E-state index contributed by atoms with van der Waals surface area (Å²) in [6, 6.07) is 10.8. The molecule has 5 heteroatoms. The van der Waals surface area contributed by atoms with Crippen LogP contribution in [0.3, 0.4) is 0 Å². The Morgan fingerprint density at radius 1 is 1.24 bits per heavy atom. The van der Waals surface area contributed by atoms with Gasteiger partial charge in [-0.3, -0.25) is 4.98 Å². The largest absolute Gasteiger partial charge is 0.353 e. The van der Waals surface area contributed by atoms with Gasteiger partial charge in [-0.05, 0) is 50.3 Å². The van der Waals surface area contributed by atoms with E-state index in [4.69, 9.17) is 12.2 Å². The second-order valence-corrected chi connectivity index (χ2v) is 6.06. The zero-order chi connectivity index (χ0) is 15.0. The molecular formula is C16H20N4S. The van der Waals surface area contributed by atoms with Gasteiger partial charge in [0.25, 0.3) is 0 Å². The van der Waals surface area contributed by atoms with Crippen LogP contribution in [0, 0.1) is 0 Å². The summed E-state index contributed by atoms with van der Waals surface area (Å²) >= 11 is 5.57. The van der Waals surface area contributed by atoms with Gasteiger partial charge in [-0.1, -0.05) is 6.07 Å². The molecule has 21 heavy (non-hydrogen) atoms. The van der Waals surface area contributed by atoms with Crippen LogP contribution in [-0.2, 0) is 7.05 Å². The second-order valence-electron chi connectivity index (χ2n) is 5.67. The smallest absolute Gasteiger partial charge is 0.170 e. The molecule has 2 atom stereocenters. The summed E-state index contributed by atoms with van der Waals surface area (Å²) in [5.41, 5.74) is 2.26. The third-order valence-electron chi connectivity index (χ3n) is 3.98. The van der Waals surface area contributed by atoms with Crippen LogP contribution in [0.4, 0.5) is 0 Å². The zero-order valence-corrected chi connectivity index (χ0v) is 13.3. The maximum atomic E-state index is 5.57. The molecule has 3 rings (SSSR count). The van der Waals surface area contributed by atoms with E-state index in [9.17, 15) is 0 Å². The van der Waals surface area contributed by atoms with Gasteiger partial charge in [0.05, 0.1) is 17.8 Å². The van der Waals surface area contributed by atoms with Crippen LogP contribution in [-0.4, -0.2) is 25.6 Å². The molecule has 0 spiro atoms. The number of nitrogens with one attached hydrogen (secondary N) is 1. The molecule has 1 saturated heterocycles. The van der Waals surface area contributed by atoms with E-state index < -0.39 is 0 Å². The maximum Gasteiger partial charge on any atom is 0.170 e. The third kappa shape index (κ3) is 2.42. The molecule has 0 bridgehead atoms. The lowest BCUT2D eigenvalue weighted by Crippen LogP contribution is -2.36. The molecule has 2 aromatic rings. The first-order valence-corrected chi connectivity index (χ1v) is 7.61. The second kappa shape index (κ2) is 5.48. The van der Waals surface area contributed by atoms with Crippen molar-refractivity contribution in [1.29, 1.82) is 0 Å². The third-order valence-corrected chi connectivity index (χ3v) is 4.31. The molecule has 110 valence electrons. The van der Waals surface area contributed by atoms with Crippen molar-refractivity contribution in [3.8, 4) is 0 Å². The number of rotatable bonds is 3. The predicted octanol–water partition coefficient (Wildman–Crippen LogP) is 2.80. The van der Waals surface area contributed by atoms with Crippen LogP contribution in [0.15, 0.2) is 42.7 Å². The summed E-state index contributed by atoms with van der Waals surface area (Å²) in [6.45, 7) is 4.34. The van der Waals surface area contributed by atoms with E-state index in [1.165, 1.54) is 5.69 Å². The minimum Gasteiger partial charge on any atom is -0.353 e. The highest BCUT2D eigenvalue weighted by atomic mass is 32.1. The first kappa shape index (κ1) is 14.1. The molecule has 1 N–H and O–H groups in total. The van der Waals surface area contributed by atoms with Gasteiger partial charge in [-0.15, -0.1) is 0 Å². The summed E-state index contributed by atoms with van der Waals surface area (Å²) in [5, 5.41) is 4.25. The van der Waals surface area contributed by atoms with Crippen LogP contribution in [0.2, 0.25) is 0 Å². The monoisotopic (exact) mass is 300 g/mol. The standard InChI is InChI=1S/C16H20N4S/c1-11(2)20-15(13-8-6-10-19(13)3)14(18-16(20)21)12-7-4-5-9-17-12/h4-11,14-15H,1-3H3,(H,18,21)/t14-,15-/m0/s1. The Hall–Kier alpha value is -1.88. The highest BCUT2D eigenvalue weighted by Crippen LogP contribution is 2.39. The molecule has 0 radical (unpaired) electrons. The van der Waals surface area contributed by atoms with Crippen molar-refractivity contribution in [2.45, 2.75) is 32.0 Å². The molecule has 1 aliphatic heterocycles. The molecule has 1 aliphatic rings. The fraction of sp³-hybridized carbons (Fsp3) is 0.375. The predicted molar refractivity (Wildman–Crippen MR) is 87.8 cm³/mol. The molecule has 1 fully saturated rings. The maximum absolute atomic E-state index is 5.57. The van der Waals surface area contributed by atoms with Crippen molar-refractivity contribution in [2.75, 3.05) is 0 Å². The van der Waals surface area contributed by atoms with Crippen molar-refractivity contribution < 1.29 is 0 Å². The van der Waals surface area contributed by atoms with Crippen LogP contribution in [0.1, 0.15) is 37.3 Å². The van der Waals surface area contributed by atoms with Gasteiger partial charge in [-0.2, -0.15) is 0 Å². The van der Waals surface area contributed by atoms with E-state index in [0.717, 1.165) is 10.8 Å². The Labute approximate surface area is 130 Å². The molecule has 0 aromatic carbocycles. The molecule has 2 aromatic heterocycles. The van der Waals surface area contributed by atoms with Crippen LogP contribution in [0.5, 0.6) is 0 Å². The van der Waals surface area contributed by atoms with Gasteiger partial charge in [0.2, 0.25) is 0 Å². The van der Waals surface area contributed by atoms with Crippen molar-refractivity contribution in [3.63, 3.8) is 0 Å². The lowest BCUT2D eigenvalue weighted by molar-refractivity contribution is 0.260. The average Bonchev–Trinajstić information content (AvgIpc) is 3.02. The highest BCUT2D eigenvalue weighted by molar-refractivity contribution is 7.80. The minimum absolute atomic E-state index is 0.0784. The van der Waals surface area contributed by atoms with E-state index in [0.29, 0.717) is 6.04 Å². The van der Waals surface area contributed by atoms with Crippen molar-refractivity contribution in [3.05, 3.63) is 54.1 Å². The van der Waals surface area contributed by atoms with Crippen LogP contribution >= 0.6 is 12.2 Å². The first-order chi connectivity index (χ1) is 10.1. The molecule has 0 amide bonds. The van der Waals surface area contributed by atoms with Crippen LogP contribution in [0.25, 0.3) is 0 Å².